The van der Waals surface area contributed by atoms with Crippen LogP contribution in [0.15, 0.2) is 47.5 Å². The Hall–Kier alpha value is -1.96. The van der Waals surface area contributed by atoms with Crippen LogP contribution < -0.4 is 5.32 Å². The van der Waals surface area contributed by atoms with Crippen LogP contribution in [0.25, 0.3) is 0 Å². The van der Waals surface area contributed by atoms with E-state index in [2.05, 4.69) is 10.3 Å². The van der Waals surface area contributed by atoms with Gasteiger partial charge < -0.3 is 10.4 Å². The molecule has 0 saturated carbocycles. The summed E-state index contributed by atoms with van der Waals surface area (Å²) in [5, 5.41) is 13.5. The first-order chi connectivity index (χ1) is 12.1. The van der Waals surface area contributed by atoms with E-state index in [4.69, 9.17) is 0 Å². The monoisotopic (exact) mass is 359 g/mol. The van der Waals surface area contributed by atoms with Gasteiger partial charge in [0.05, 0.1) is 12.1 Å². The second-order valence-electron chi connectivity index (χ2n) is 6.58. The molecule has 1 aromatic heterocycles. The van der Waals surface area contributed by atoms with Gasteiger partial charge in [-0.1, -0.05) is 24.3 Å². The van der Waals surface area contributed by atoms with Gasteiger partial charge in [0.2, 0.25) is 10.0 Å². The van der Waals surface area contributed by atoms with E-state index < -0.39 is 16.1 Å². The fraction of sp³-hybridized carbons (Fsp3) is 0.389. The maximum atomic E-state index is 12.5. The zero-order valence-electron chi connectivity index (χ0n) is 13.8. The van der Waals surface area contributed by atoms with Gasteiger partial charge in [-0.25, -0.2) is 13.4 Å². The van der Waals surface area contributed by atoms with E-state index >= 15 is 0 Å². The van der Waals surface area contributed by atoms with Gasteiger partial charge in [0.15, 0.2) is 0 Å². The lowest BCUT2D eigenvalue weighted by Gasteiger charge is -2.19. The highest BCUT2D eigenvalue weighted by molar-refractivity contribution is 7.89. The maximum Gasteiger partial charge on any atom is 0.244 e. The highest BCUT2D eigenvalue weighted by atomic mass is 32.2. The Morgan fingerprint density at radius 1 is 1.12 bits per heavy atom. The van der Waals surface area contributed by atoms with Gasteiger partial charge in [0, 0.05) is 25.7 Å². The van der Waals surface area contributed by atoms with Crippen molar-refractivity contribution in [3.8, 4) is 0 Å². The van der Waals surface area contributed by atoms with Gasteiger partial charge in [-0.05, 0) is 36.1 Å². The van der Waals surface area contributed by atoms with Crippen LogP contribution in [0.3, 0.4) is 0 Å². The van der Waals surface area contributed by atoms with E-state index in [9.17, 15) is 13.5 Å². The molecule has 7 heteroatoms. The molecule has 1 aliphatic carbocycles. The molecule has 1 saturated heterocycles. The van der Waals surface area contributed by atoms with Gasteiger partial charge >= 0.3 is 0 Å². The SMILES string of the molecule is O=S(=O)(c1ccc(N[C@H]2c3ccccc3C[C@H]2O)nc1)N1CCCC1. The average molecular weight is 359 g/mol. The van der Waals surface area contributed by atoms with Crippen molar-refractivity contribution in [1.82, 2.24) is 9.29 Å². The van der Waals surface area contributed by atoms with Gasteiger partial charge in [-0.3, -0.25) is 0 Å². The number of nitrogens with one attached hydrogen (secondary N) is 1. The fourth-order valence-corrected chi connectivity index (χ4v) is 5.07. The summed E-state index contributed by atoms with van der Waals surface area (Å²) in [6.07, 6.45) is 3.29. The van der Waals surface area contributed by atoms with E-state index in [0.29, 0.717) is 25.3 Å². The Bertz CT molecular complexity index is 861. The molecule has 4 rings (SSSR count). The number of fused-ring (bicyclic) bond motifs is 1. The number of hydrogen-bond acceptors (Lipinski definition) is 5. The molecule has 2 N–H and O–H groups in total. The van der Waals surface area contributed by atoms with Gasteiger partial charge in [-0.2, -0.15) is 4.31 Å². The smallest absolute Gasteiger partial charge is 0.244 e. The van der Waals surface area contributed by atoms with Crippen molar-refractivity contribution in [3.63, 3.8) is 0 Å². The number of benzene rings is 1. The van der Waals surface area contributed by atoms with Crippen molar-refractivity contribution in [2.75, 3.05) is 18.4 Å². The van der Waals surface area contributed by atoms with E-state index in [-0.39, 0.29) is 10.9 Å². The number of aliphatic hydroxyl groups excluding tert-OH is 1. The number of nitrogens with zero attached hydrogens (tertiary/aromatic N) is 2. The van der Waals surface area contributed by atoms with Crippen LogP contribution in [0, 0.1) is 0 Å². The molecule has 2 atom stereocenters. The van der Waals surface area contributed by atoms with E-state index in [0.717, 1.165) is 24.0 Å². The Kier molecular flexibility index (Phi) is 4.23. The first-order valence-corrected chi connectivity index (χ1v) is 9.98. The average Bonchev–Trinajstić information content (AvgIpc) is 3.25. The first-order valence-electron chi connectivity index (χ1n) is 8.54. The molecule has 1 fully saturated rings. The molecular formula is C18H21N3O3S. The number of sulfonamides is 1. The summed E-state index contributed by atoms with van der Waals surface area (Å²) in [6.45, 7) is 1.15. The first kappa shape index (κ1) is 16.5. The van der Waals surface area contributed by atoms with E-state index in [1.807, 2.05) is 24.3 Å². The summed E-state index contributed by atoms with van der Waals surface area (Å²) in [4.78, 5) is 4.47. The molecule has 0 radical (unpaired) electrons. The Labute approximate surface area is 147 Å². The quantitative estimate of drug-likeness (QED) is 0.872. The van der Waals surface area contributed by atoms with E-state index in [1.54, 1.807) is 12.1 Å². The zero-order valence-corrected chi connectivity index (χ0v) is 14.6. The van der Waals surface area contributed by atoms with Gasteiger partial charge in [0.25, 0.3) is 0 Å². The normalized spacial score (nSPS) is 23.6. The Balaban J connectivity index is 1.53. The van der Waals surface area contributed by atoms with Gasteiger partial charge in [0.1, 0.15) is 10.7 Å². The molecule has 6 nitrogen and oxygen atoms in total. The number of rotatable bonds is 4. The van der Waals surface area contributed by atoms with Crippen molar-refractivity contribution in [2.45, 2.75) is 36.3 Å². The largest absolute Gasteiger partial charge is 0.390 e. The topological polar surface area (TPSA) is 82.5 Å². The summed E-state index contributed by atoms with van der Waals surface area (Å²) < 4.78 is 26.6. The van der Waals surface area contributed by atoms with Crippen LogP contribution in [0.1, 0.15) is 30.0 Å². The summed E-state index contributed by atoms with van der Waals surface area (Å²) in [6, 6.07) is 10.9. The van der Waals surface area contributed by atoms with E-state index in [1.165, 1.54) is 10.5 Å². The number of aromatic nitrogens is 1. The molecule has 0 bridgehead atoms. The minimum absolute atomic E-state index is 0.215. The molecule has 132 valence electrons. The van der Waals surface area contributed by atoms with Crippen LogP contribution in [0.5, 0.6) is 0 Å². The minimum atomic E-state index is -3.45. The van der Waals surface area contributed by atoms with Crippen LogP contribution in [0.4, 0.5) is 5.82 Å². The highest BCUT2D eigenvalue weighted by Gasteiger charge is 2.31. The standard InChI is InChI=1S/C18H21N3O3S/c22-16-11-13-5-1-2-6-15(13)18(16)20-17-8-7-14(12-19-17)25(23,24)21-9-3-4-10-21/h1-2,5-8,12,16,18,22H,3-4,9-11H2,(H,19,20)/t16-,18+/m1/s1. The van der Waals surface area contributed by atoms with Crippen LogP contribution >= 0.6 is 0 Å². The summed E-state index contributed by atoms with van der Waals surface area (Å²) in [7, 11) is -3.45. The van der Waals surface area contributed by atoms with Crippen LogP contribution in [0.2, 0.25) is 0 Å². The second kappa shape index (κ2) is 6.40. The van der Waals surface area contributed by atoms with Crippen molar-refractivity contribution >= 4 is 15.8 Å². The van der Waals surface area contributed by atoms with Crippen LogP contribution in [-0.4, -0.2) is 42.0 Å². The van der Waals surface area contributed by atoms with Crippen molar-refractivity contribution in [2.24, 2.45) is 0 Å². The molecule has 1 aromatic carbocycles. The number of aliphatic hydroxyl groups is 1. The summed E-state index contributed by atoms with van der Waals surface area (Å²) in [5.41, 5.74) is 2.19. The third-order valence-electron chi connectivity index (χ3n) is 4.95. The van der Waals surface area contributed by atoms with Crippen molar-refractivity contribution in [1.29, 1.82) is 0 Å². The molecular weight excluding hydrogens is 338 g/mol. The third kappa shape index (κ3) is 3.03. The molecule has 2 heterocycles. The fourth-order valence-electron chi connectivity index (χ4n) is 3.60. The second-order valence-corrected chi connectivity index (χ2v) is 8.52. The van der Waals surface area contributed by atoms with Crippen molar-refractivity contribution in [3.05, 3.63) is 53.7 Å². The Morgan fingerprint density at radius 3 is 2.60 bits per heavy atom. The van der Waals surface area contributed by atoms with Crippen LogP contribution in [-0.2, 0) is 16.4 Å². The molecule has 1 aliphatic heterocycles. The van der Waals surface area contributed by atoms with Crippen molar-refractivity contribution < 1.29 is 13.5 Å². The minimum Gasteiger partial charge on any atom is -0.390 e. The molecule has 2 aromatic rings. The maximum absolute atomic E-state index is 12.5. The van der Waals surface area contributed by atoms with Gasteiger partial charge in [-0.15, -0.1) is 0 Å². The number of pyridine rings is 1. The zero-order chi connectivity index (χ0) is 17.4. The predicted octanol–water partition coefficient (Wildman–Crippen LogP) is 1.94. The lowest BCUT2D eigenvalue weighted by Crippen LogP contribution is -2.28. The molecule has 0 amide bonds. The molecule has 2 aliphatic rings. The Morgan fingerprint density at radius 2 is 1.88 bits per heavy atom. The third-order valence-corrected chi connectivity index (χ3v) is 6.83. The predicted molar refractivity (Wildman–Crippen MR) is 94.7 cm³/mol. The molecule has 25 heavy (non-hydrogen) atoms. The summed E-state index contributed by atoms with van der Waals surface area (Å²) >= 11 is 0. The number of anilines is 1. The summed E-state index contributed by atoms with van der Waals surface area (Å²) in [5.74, 6) is 0.557. The highest BCUT2D eigenvalue weighted by Crippen LogP contribution is 2.33. The molecule has 0 unspecified atom stereocenters. The lowest BCUT2D eigenvalue weighted by atomic mass is 10.1. The molecule has 0 spiro atoms. The lowest BCUT2D eigenvalue weighted by molar-refractivity contribution is 0.165. The number of hydrogen-bond donors (Lipinski definition) is 2.